The molecular formula is C27H24O2Sn. The van der Waals surface area contributed by atoms with Crippen molar-refractivity contribution < 1.29 is 7.87 Å². The molecule has 0 saturated heterocycles. The van der Waals surface area contributed by atoms with Crippen molar-refractivity contribution in [1.82, 2.24) is 0 Å². The molecule has 0 saturated carbocycles. The van der Waals surface area contributed by atoms with Crippen LogP contribution >= 0.6 is 0 Å². The molecule has 0 spiro atoms. The second kappa shape index (κ2) is 8.88. The van der Waals surface area contributed by atoms with Crippen molar-refractivity contribution in [3.63, 3.8) is 0 Å². The molecule has 0 atom stereocenters. The number of hydrogen-bond acceptors (Lipinski definition) is 2. The van der Waals surface area contributed by atoms with Crippen LogP contribution < -0.4 is 10.7 Å². The Labute approximate surface area is 182 Å². The minimum absolute atomic E-state index is 0.247. The van der Waals surface area contributed by atoms with E-state index in [-0.39, 0.29) is 5.97 Å². The molecule has 148 valence electrons. The van der Waals surface area contributed by atoms with E-state index in [9.17, 15) is 4.79 Å². The van der Waals surface area contributed by atoms with Crippen LogP contribution in [-0.4, -0.2) is 24.8 Å². The Kier molecular flexibility index (Phi) is 6.05. The Bertz CT molecular complexity index is 1040. The maximum atomic E-state index is 13.6. The van der Waals surface area contributed by atoms with E-state index in [1.807, 2.05) is 86.6 Å². The van der Waals surface area contributed by atoms with E-state index < -0.39 is 18.8 Å². The first-order valence-electron chi connectivity index (χ1n) is 10.1. The molecule has 0 N–H and O–H groups in total. The third-order valence-electron chi connectivity index (χ3n) is 5.61. The van der Waals surface area contributed by atoms with Gasteiger partial charge in [0.15, 0.2) is 0 Å². The van der Waals surface area contributed by atoms with Gasteiger partial charge < -0.3 is 0 Å². The summed E-state index contributed by atoms with van der Waals surface area (Å²) in [4.78, 5) is 13.6. The zero-order valence-electron chi connectivity index (χ0n) is 17.2. The summed E-state index contributed by atoms with van der Waals surface area (Å²) >= 11 is -4.08. The molecule has 4 aromatic carbocycles. The zero-order chi connectivity index (χ0) is 21.0. The molecule has 4 rings (SSSR count). The van der Waals surface area contributed by atoms with Gasteiger partial charge in [-0.15, -0.1) is 0 Å². The summed E-state index contributed by atoms with van der Waals surface area (Å²) in [7, 11) is 0. The molecule has 0 aliphatic carbocycles. The van der Waals surface area contributed by atoms with Crippen molar-refractivity contribution in [3.05, 3.63) is 126 Å². The SMILES string of the molecule is Cc1cccc(C(=O)[O][Sn]([c]2ccccc2)([c]2ccccc2)[c]2ccccc2)c1C. The zero-order valence-corrected chi connectivity index (χ0v) is 20.1. The van der Waals surface area contributed by atoms with Gasteiger partial charge in [0, 0.05) is 0 Å². The molecule has 0 aliphatic rings. The molecule has 0 bridgehead atoms. The first kappa shape index (κ1) is 20.4. The number of hydrogen-bond donors (Lipinski definition) is 0. The van der Waals surface area contributed by atoms with E-state index in [4.69, 9.17) is 3.07 Å². The van der Waals surface area contributed by atoms with Gasteiger partial charge in [-0.1, -0.05) is 0 Å². The third kappa shape index (κ3) is 3.80. The Morgan fingerprint density at radius 3 is 1.47 bits per heavy atom. The van der Waals surface area contributed by atoms with Crippen LogP contribution in [0, 0.1) is 13.8 Å². The van der Waals surface area contributed by atoms with Crippen LogP contribution in [0.1, 0.15) is 21.5 Å². The van der Waals surface area contributed by atoms with Crippen molar-refractivity contribution in [2.24, 2.45) is 0 Å². The third-order valence-corrected chi connectivity index (χ3v) is 16.8. The van der Waals surface area contributed by atoms with Crippen molar-refractivity contribution in [2.75, 3.05) is 0 Å². The molecule has 0 amide bonds. The topological polar surface area (TPSA) is 26.3 Å². The van der Waals surface area contributed by atoms with Crippen LogP contribution in [0.3, 0.4) is 0 Å². The number of rotatable bonds is 5. The molecule has 0 radical (unpaired) electrons. The quantitative estimate of drug-likeness (QED) is 0.387. The van der Waals surface area contributed by atoms with Gasteiger partial charge in [-0.2, -0.15) is 0 Å². The second-order valence-electron chi connectivity index (χ2n) is 7.42. The van der Waals surface area contributed by atoms with E-state index in [0.29, 0.717) is 5.56 Å². The van der Waals surface area contributed by atoms with Crippen molar-refractivity contribution in [3.8, 4) is 0 Å². The van der Waals surface area contributed by atoms with Gasteiger partial charge in [0.25, 0.3) is 0 Å². The fraction of sp³-hybridized carbons (Fsp3) is 0.0741. The van der Waals surface area contributed by atoms with Crippen molar-refractivity contribution in [1.29, 1.82) is 0 Å². The summed E-state index contributed by atoms with van der Waals surface area (Å²) in [6.45, 7) is 4.00. The molecule has 30 heavy (non-hydrogen) atoms. The molecule has 0 fully saturated rings. The maximum absolute atomic E-state index is 13.6. The normalized spacial score (nSPS) is 11.1. The van der Waals surface area contributed by atoms with Crippen LogP contribution in [0.15, 0.2) is 109 Å². The van der Waals surface area contributed by atoms with E-state index in [1.165, 1.54) is 0 Å². The number of aryl methyl sites for hydroxylation is 1. The predicted molar refractivity (Wildman–Crippen MR) is 125 cm³/mol. The first-order valence-corrected chi connectivity index (χ1v) is 15.5. The summed E-state index contributed by atoms with van der Waals surface area (Å²) in [6.07, 6.45) is 0. The molecule has 0 unspecified atom stereocenters. The molecule has 0 heterocycles. The molecule has 0 aliphatic heterocycles. The van der Waals surface area contributed by atoms with E-state index in [1.54, 1.807) is 0 Å². The monoisotopic (exact) mass is 500 g/mol. The molecule has 0 aromatic heterocycles. The van der Waals surface area contributed by atoms with Gasteiger partial charge in [0.1, 0.15) is 0 Å². The molecule has 3 heteroatoms. The van der Waals surface area contributed by atoms with Crippen LogP contribution in [0.5, 0.6) is 0 Å². The van der Waals surface area contributed by atoms with Crippen LogP contribution in [0.4, 0.5) is 0 Å². The van der Waals surface area contributed by atoms with Gasteiger partial charge in [-0.3, -0.25) is 0 Å². The molecule has 2 nitrogen and oxygen atoms in total. The molecule has 4 aromatic rings. The number of carbonyl (C=O) groups excluding carboxylic acids is 1. The summed E-state index contributed by atoms with van der Waals surface area (Å²) in [5.74, 6) is -0.247. The fourth-order valence-corrected chi connectivity index (χ4v) is 14.5. The van der Waals surface area contributed by atoms with Crippen LogP contribution in [0.2, 0.25) is 0 Å². The van der Waals surface area contributed by atoms with Gasteiger partial charge in [-0.25, -0.2) is 0 Å². The Balaban J connectivity index is 1.95. The summed E-state index contributed by atoms with van der Waals surface area (Å²) < 4.78 is 10.0. The average molecular weight is 499 g/mol. The number of benzene rings is 4. The summed E-state index contributed by atoms with van der Waals surface area (Å²) in [5, 5.41) is 0. The van der Waals surface area contributed by atoms with Gasteiger partial charge >= 0.3 is 183 Å². The van der Waals surface area contributed by atoms with E-state index >= 15 is 0 Å². The predicted octanol–water partition coefficient (Wildman–Crippen LogP) is 4.13. The van der Waals surface area contributed by atoms with E-state index in [0.717, 1.165) is 21.9 Å². The number of carbonyl (C=O) groups is 1. The van der Waals surface area contributed by atoms with Gasteiger partial charge in [0.05, 0.1) is 0 Å². The second-order valence-corrected chi connectivity index (χ2v) is 16.8. The summed E-state index contributed by atoms with van der Waals surface area (Å²) in [5.41, 5.74) is 2.69. The van der Waals surface area contributed by atoms with Crippen LogP contribution in [0.25, 0.3) is 0 Å². The minimum atomic E-state index is -4.08. The average Bonchev–Trinajstić information content (AvgIpc) is 2.81. The van der Waals surface area contributed by atoms with Gasteiger partial charge in [0.2, 0.25) is 0 Å². The van der Waals surface area contributed by atoms with Crippen molar-refractivity contribution in [2.45, 2.75) is 13.8 Å². The first-order chi connectivity index (χ1) is 14.6. The van der Waals surface area contributed by atoms with E-state index in [2.05, 4.69) is 36.4 Å². The fourth-order valence-electron chi connectivity index (χ4n) is 3.86. The Morgan fingerprint density at radius 2 is 1.03 bits per heavy atom. The van der Waals surface area contributed by atoms with Gasteiger partial charge in [-0.05, 0) is 0 Å². The molecular weight excluding hydrogens is 475 g/mol. The Morgan fingerprint density at radius 1 is 0.600 bits per heavy atom. The van der Waals surface area contributed by atoms with Crippen LogP contribution in [-0.2, 0) is 3.07 Å². The standard InChI is InChI=1S/C9H10O2.3C6H5.Sn/c1-6-4-3-5-8(7(6)2)9(10)11;3*1-2-4-6-5-3-1;/h3-5H,1-2H3,(H,10,11);3*1-5H;/q;;;;+1/p-1. The summed E-state index contributed by atoms with van der Waals surface area (Å²) in [6, 6.07) is 36.6. The Hall–Kier alpha value is -2.85. The van der Waals surface area contributed by atoms with Crippen molar-refractivity contribution >= 4 is 35.5 Å².